The smallest absolute Gasteiger partial charge is 0.0635 e. The molecular formula is C66H46N4. The molecule has 0 atom stereocenters. The molecule has 1 aliphatic rings. The lowest BCUT2D eigenvalue weighted by Gasteiger charge is -2.29. The predicted molar refractivity (Wildman–Crippen MR) is 295 cm³/mol. The quantitative estimate of drug-likeness (QED) is 0.149. The molecule has 13 aromatic rings. The van der Waals surface area contributed by atoms with Crippen molar-refractivity contribution in [2.75, 3.05) is 4.90 Å². The highest BCUT2D eigenvalue weighted by molar-refractivity contribution is 6.19. The molecule has 0 bridgehead atoms. The minimum Gasteiger partial charge on any atom is -0.316 e. The molecule has 0 spiro atoms. The van der Waals surface area contributed by atoms with E-state index >= 15 is 0 Å². The molecule has 70 heavy (non-hydrogen) atoms. The van der Waals surface area contributed by atoms with Gasteiger partial charge in [-0.05, 0) is 131 Å². The maximum atomic E-state index is 2.44. The average molecular weight is 895 g/mol. The zero-order valence-corrected chi connectivity index (χ0v) is 38.5. The zero-order valence-electron chi connectivity index (χ0n) is 38.5. The van der Waals surface area contributed by atoms with Crippen molar-refractivity contribution in [2.24, 2.45) is 0 Å². The molecule has 0 fully saturated rings. The summed E-state index contributed by atoms with van der Waals surface area (Å²) in [4.78, 5) is 2.41. The summed E-state index contributed by atoms with van der Waals surface area (Å²) < 4.78 is 7.28. The van der Waals surface area contributed by atoms with Crippen molar-refractivity contribution in [3.05, 3.63) is 261 Å². The second kappa shape index (κ2) is 16.3. The van der Waals surface area contributed by atoms with Crippen LogP contribution in [0.15, 0.2) is 261 Å². The van der Waals surface area contributed by atoms with Crippen LogP contribution >= 0.6 is 0 Å². The van der Waals surface area contributed by atoms with Crippen LogP contribution in [0.4, 0.5) is 11.4 Å². The van der Waals surface area contributed by atoms with Crippen molar-refractivity contribution in [1.82, 2.24) is 13.7 Å². The third-order valence-corrected chi connectivity index (χ3v) is 14.5. The summed E-state index contributed by atoms with van der Waals surface area (Å²) in [5.74, 6) is 0. The fourth-order valence-corrected chi connectivity index (χ4v) is 11.3. The fourth-order valence-electron chi connectivity index (χ4n) is 11.3. The maximum Gasteiger partial charge on any atom is 0.0635 e. The van der Waals surface area contributed by atoms with Crippen LogP contribution in [0.1, 0.15) is 12.8 Å². The van der Waals surface area contributed by atoms with E-state index in [1.54, 1.807) is 0 Å². The summed E-state index contributed by atoms with van der Waals surface area (Å²) in [6, 6.07) is 84.4. The van der Waals surface area contributed by atoms with E-state index in [2.05, 4.69) is 274 Å². The summed E-state index contributed by atoms with van der Waals surface area (Å²) >= 11 is 0. The van der Waals surface area contributed by atoms with E-state index < -0.39 is 0 Å². The van der Waals surface area contributed by atoms with E-state index in [0.29, 0.717) is 0 Å². The van der Waals surface area contributed by atoms with E-state index in [0.717, 1.165) is 41.1 Å². The lowest BCUT2D eigenvalue weighted by Crippen LogP contribution is -2.16. The topological polar surface area (TPSA) is 18.0 Å². The standard InChI is InChI=1S/C66H46N4/c1-4-16-45(17-5-1)49-34-40-62-58(44-49)65-63(67-43-42-57-59(67)41-39-56-55-25-12-13-26-61(55)70(66(56)57)51-22-8-3-9-23-51)28-15-29-64(65)69(62)53-37-32-47(33-38-53)46-30-35-52(36-31-46)68(50-20-6-2-7-21-50)60-27-14-19-48-18-10-11-24-54(48)60/h1,3-6,8-44H,2,7H2. The first kappa shape index (κ1) is 40.0. The minimum absolute atomic E-state index is 1.04. The van der Waals surface area contributed by atoms with Gasteiger partial charge in [-0.2, -0.15) is 0 Å². The van der Waals surface area contributed by atoms with E-state index in [-0.39, 0.29) is 0 Å². The van der Waals surface area contributed by atoms with Crippen LogP contribution in [-0.4, -0.2) is 13.7 Å². The maximum absolute atomic E-state index is 2.44. The van der Waals surface area contributed by atoms with Gasteiger partial charge in [-0.3, -0.25) is 0 Å². The van der Waals surface area contributed by atoms with Gasteiger partial charge < -0.3 is 18.6 Å². The van der Waals surface area contributed by atoms with Crippen molar-refractivity contribution in [3.63, 3.8) is 0 Å². The molecule has 4 heteroatoms. The third kappa shape index (κ3) is 6.38. The Hall–Kier alpha value is -9.12. The van der Waals surface area contributed by atoms with Crippen LogP contribution in [0.5, 0.6) is 0 Å². The molecule has 0 amide bonds. The highest BCUT2D eigenvalue weighted by atomic mass is 15.1. The van der Waals surface area contributed by atoms with E-state index in [1.165, 1.54) is 93.4 Å². The molecule has 0 unspecified atom stereocenters. The number of para-hydroxylation sites is 2. The molecule has 0 radical (unpaired) electrons. The van der Waals surface area contributed by atoms with Gasteiger partial charge in [0.2, 0.25) is 0 Å². The van der Waals surface area contributed by atoms with Gasteiger partial charge in [0.05, 0.1) is 39.0 Å². The van der Waals surface area contributed by atoms with E-state index in [4.69, 9.17) is 0 Å². The Labute approximate surface area is 406 Å². The molecule has 4 nitrogen and oxygen atoms in total. The molecule has 0 N–H and O–H groups in total. The molecule has 0 aliphatic heterocycles. The number of rotatable bonds is 8. The number of fused-ring (bicyclic) bond motifs is 9. The summed E-state index contributed by atoms with van der Waals surface area (Å²) in [6.45, 7) is 0. The molecule has 1 aliphatic carbocycles. The Morgan fingerprint density at radius 1 is 0.386 bits per heavy atom. The van der Waals surface area contributed by atoms with Crippen LogP contribution in [0, 0.1) is 0 Å². The van der Waals surface area contributed by atoms with E-state index in [9.17, 15) is 0 Å². The summed E-state index contributed by atoms with van der Waals surface area (Å²) in [5, 5.41) is 8.64. The minimum atomic E-state index is 1.04. The number of hydrogen-bond acceptors (Lipinski definition) is 1. The molecule has 3 aromatic heterocycles. The number of hydrogen-bond donors (Lipinski definition) is 0. The van der Waals surface area contributed by atoms with Gasteiger partial charge in [-0.25, -0.2) is 0 Å². The highest BCUT2D eigenvalue weighted by Gasteiger charge is 2.22. The van der Waals surface area contributed by atoms with Crippen LogP contribution in [0.3, 0.4) is 0 Å². The Morgan fingerprint density at radius 2 is 1.03 bits per heavy atom. The zero-order chi connectivity index (χ0) is 46.1. The van der Waals surface area contributed by atoms with Crippen LogP contribution in [0.25, 0.3) is 105 Å². The molecule has 14 rings (SSSR count). The molecule has 0 saturated carbocycles. The molecular weight excluding hydrogens is 849 g/mol. The number of benzene rings is 10. The average Bonchev–Trinajstić information content (AvgIpc) is 4.12. The first-order valence-corrected chi connectivity index (χ1v) is 24.3. The third-order valence-electron chi connectivity index (χ3n) is 14.5. The van der Waals surface area contributed by atoms with Gasteiger partial charge in [0.25, 0.3) is 0 Å². The van der Waals surface area contributed by atoms with Crippen molar-refractivity contribution < 1.29 is 0 Å². The lowest BCUT2D eigenvalue weighted by molar-refractivity contribution is 0.998. The monoisotopic (exact) mass is 894 g/mol. The van der Waals surface area contributed by atoms with Gasteiger partial charge in [-0.1, -0.05) is 158 Å². The summed E-state index contributed by atoms with van der Waals surface area (Å²) in [5.41, 5.74) is 17.6. The molecule has 0 saturated heterocycles. The van der Waals surface area contributed by atoms with Gasteiger partial charge >= 0.3 is 0 Å². The van der Waals surface area contributed by atoms with E-state index in [1.807, 2.05) is 0 Å². The number of allylic oxidation sites excluding steroid dienone is 3. The number of anilines is 2. The van der Waals surface area contributed by atoms with Crippen molar-refractivity contribution >= 4 is 76.7 Å². The normalized spacial score (nSPS) is 12.8. The van der Waals surface area contributed by atoms with Crippen LogP contribution in [-0.2, 0) is 0 Å². The Bertz CT molecular complexity index is 4200. The van der Waals surface area contributed by atoms with Crippen molar-refractivity contribution in [2.45, 2.75) is 12.8 Å². The second-order valence-corrected chi connectivity index (χ2v) is 18.4. The molecule has 3 heterocycles. The largest absolute Gasteiger partial charge is 0.316 e. The fraction of sp³-hybridized carbons (Fsp3) is 0.0303. The molecule has 10 aromatic carbocycles. The van der Waals surface area contributed by atoms with Gasteiger partial charge in [0, 0.05) is 61.3 Å². The number of nitrogens with zero attached hydrogens (tertiary/aromatic N) is 4. The predicted octanol–water partition coefficient (Wildman–Crippen LogP) is 17.7. The Morgan fingerprint density at radius 3 is 1.84 bits per heavy atom. The summed E-state index contributed by atoms with van der Waals surface area (Å²) in [6.07, 6.45) is 11.3. The molecule has 330 valence electrons. The van der Waals surface area contributed by atoms with Gasteiger partial charge in [0.15, 0.2) is 0 Å². The lowest BCUT2D eigenvalue weighted by atomic mass is 10.0. The highest BCUT2D eigenvalue weighted by Crippen LogP contribution is 2.43. The number of aromatic nitrogens is 3. The second-order valence-electron chi connectivity index (χ2n) is 18.4. The van der Waals surface area contributed by atoms with Crippen LogP contribution in [0.2, 0.25) is 0 Å². The van der Waals surface area contributed by atoms with Gasteiger partial charge in [-0.15, -0.1) is 0 Å². The van der Waals surface area contributed by atoms with Crippen molar-refractivity contribution in [1.29, 1.82) is 0 Å². The Balaban J connectivity index is 0.897. The SMILES string of the molecule is C1=CC(N(c2ccc(-c3ccc(-n4c5ccc(-c6ccccc6)cc5c5c(-n6ccc7c6ccc6c8ccccc8n(-c8ccccc8)c67)cccc54)cc3)cc2)c2cccc3ccccc23)=CCC1. The van der Waals surface area contributed by atoms with Crippen molar-refractivity contribution in [3.8, 4) is 39.3 Å². The first-order valence-electron chi connectivity index (χ1n) is 24.3. The first-order chi connectivity index (χ1) is 34.7. The summed E-state index contributed by atoms with van der Waals surface area (Å²) in [7, 11) is 0. The van der Waals surface area contributed by atoms with Gasteiger partial charge in [0.1, 0.15) is 0 Å². The van der Waals surface area contributed by atoms with Crippen LogP contribution < -0.4 is 4.90 Å². The Kier molecular flexibility index (Phi) is 9.31.